The van der Waals surface area contributed by atoms with Gasteiger partial charge in [-0.25, -0.2) is 9.97 Å². The van der Waals surface area contributed by atoms with Crippen molar-refractivity contribution in [1.29, 1.82) is 0 Å². The first-order valence-electron chi connectivity index (χ1n) is 13.6. The van der Waals surface area contributed by atoms with Crippen molar-refractivity contribution >= 4 is 23.2 Å². The highest BCUT2D eigenvalue weighted by atomic mass is 19.4. The van der Waals surface area contributed by atoms with E-state index in [0.717, 1.165) is 31.4 Å². The molecule has 1 amide bonds. The molecule has 0 aliphatic carbocycles. The minimum Gasteiger partial charge on any atom is -0.461 e. The Hall–Kier alpha value is -3.97. The van der Waals surface area contributed by atoms with Gasteiger partial charge in [0.2, 0.25) is 5.91 Å². The molecule has 3 aliphatic heterocycles. The fourth-order valence-corrected chi connectivity index (χ4v) is 5.30. The summed E-state index contributed by atoms with van der Waals surface area (Å²) in [7, 11) is 0. The Labute approximate surface area is 234 Å². The van der Waals surface area contributed by atoms with Crippen molar-refractivity contribution in [3.63, 3.8) is 0 Å². The Morgan fingerprint density at radius 2 is 2.05 bits per heavy atom. The summed E-state index contributed by atoms with van der Waals surface area (Å²) in [6.45, 7) is 1.87. The fraction of sp³-hybridized carbons (Fsp3) is 0.429. The van der Waals surface area contributed by atoms with E-state index in [4.69, 9.17) is 14.2 Å². The van der Waals surface area contributed by atoms with Crippen molar-refractivity contribution in [3.8, 4) is 17.3 Å². The van der Waals surface area contributed by atoms with Crippen molar-refractivity contribution in [3.05, 3.63) is 54.2 Å². The third kappa shape index (κ3) is 6.20. The first kappa shape index (κ1) is 27.2. The SMILES string of the molecule is O=C(Nc1ccnc(OCCOC2CCCCO2)n1)C1C[C@H]2CN1c1ccc(-c3cccc(C(F)(F)F)c3)nc1N2. The van der Waals surface area contributed by atoms with Gasteiger partial charge in [0.15, 0.2) is 12.1 Å². The van der Waals surface area contributed by atoms with E-state index in [-0.39, 0.29) is 30.9 Å². The smallest absolute Gasteiger partial charge is 0.416 e. The Morgan fingerprint density at radius 3 is 2.88 bits per heavy atom. The first-order valence-corrected chi connectivity index (χ1v) is 13.6. The molecule has 2 unspecified atom stereocenters. The average Bonchev–Trinajstić information content (AvgIpc) is 3.33. The summed E-state index contributed by atoms with van der Waals surface area (Å²) in [4.78, 5) is 28.2. The van der Waals surface area contributed by atoms with Crippen molar-refractivity contribution < 1.29 is 32.2 Å². The second-order valence-corrected chi connectivity index (χ2v) is 10.1. The highest BCUT2D eigenvalue weighted by molar-refractivity contribution is 5.98. The number of anilines is 3. The molecular formula is C28H29F3N6O4. The predicted molar refractivity (Wildman–Crippen MR) is 144 cm³/mol. The van der Waals surface area contributed by atoms with E-state index in [9.17, 15) is 18.0 Å². The molecule has 2 saturated heterocycles. The number of ether oxygens (including phenoxy) is 3. The van der Waals surface area contributed by atoms with Crippen LogP contribution in [0.1, 0.15) is 31.2 Å². The molecular weight excluding hydrogens is 541 g/mol. The van der Waals surface area contributed by atoms with Gasteiger partial charge in [0.25, 0.3) is 0 Å². The highest BCUT2D eigenvalue weighted by Crippen LogP contribution is 2.39. The van der Waals surface area contributed by atoms with Gasteiger partial charge in [0.1, 0.15) is 18.5 Å². The maximum atomic E-state index is 13.3. The van der Waals surface area contributed by atoms with Gasteiger partial charge in [-0.1, -0.05) is 12.1 Å². The second-order valence-electron chi connectivity index (χ2n) is 10.1. The predicted octanol–water partition coefficient (Wildman–Crippen LogP) is 4.49. The van der Waals surface area contributed by atoms with Gasteiger partial charge in [-0.05, 0) is 56.0 Å². The van der Waals surface area contributed by atoms with Gasteiger partial charge in [-0.2, -0.15) is 18.2 Å². The summed E-state index contributed by atoms with van der Waals surface area (Å²) in [6, 6.07) is 9.71. The summed E-state index contributed by atoms with van der Waals surface area (Å²) >= 11 is 0. The lowest BCUT2D eigenvalue weighted by Gasteiger charge is -2.30. The largest absolute Gasteiger partial charge is 0.461 e. The van der Waals surface area contributed by atoms with Crippen LogP contribution in [0.4, 0.5) is 30.5 Å². The molecule has 13 heteroatoms. The fourth-order valence-electron chi connectivity index (χ4n) is 5.30. The number of carbonyl (C=O) groups is 1. The zero-order valence-corrected chi connectivity index (χ0v) is 22.1. The number of amides is 1. The quantitative estimate of drug-likeness (QED) is 0.379. The number of fused-ring (bicyclic) bond motifs is 4. The summed E-state index contributed by atoms with van der Waals surface area (Å²) in [5.41, 5.74) is 0.755. The summed E-state index contributed by atoms with van der Waals surface area (Å²) in [5, 5.41) is 6.18. The molecule has 1 aromatic carbocycles. The maximum absolute atomic E-state index is 13.3. The number of rotatable bonds is 8. The Kier molecular flexibility index (Phi) is 7.63. The number of benzene rings is 1. The van der Waals surface area contributed by atoms with Crippen LogP contribution in [0.15, 0.2) is 48.7 Å². The normalized spacial score (nSPS) is 21.6. The van der Waals surface area contributed by atoms with Crippen LogP contribution >= 0.6 is 0 Å². The Bertz CT molecular complexity index is 1400. The van der Waals surface area contributed by atoms with Crippen LogP contribution in [0, 0.1) is 0 Å². The maximum Gasteiger partial charge on any atom is 0.416 e. The van der Waals surface area contributed by atoms with E-state index in [0.29, 0.717) is 54.8 Å². The van der Waals surface area contributed by atoms with E-state index in [1.54, 1.807) is 24.3 Å². The molecule has 5 heterocycles. The zero-order valence-electron chi connectivity index (χ0n) is 22.1. The van der Waals surface area contributed by atoms with Crippen LogP contribution in [0.25, 0.3) is 11.3 Å². The third-order valence-electron chi connectivity index (χ3n) is 7.25. The molecule has 2 fully saturated rings. The molecule has 0 saturated carbocycles. The number of carbonyl (C=O) groups excluding carboxylic acids is 1. The molecule has 41 heavy (non-hydrogen) atoms. The van der Waals surface area contributed by atoms with E-state index in [1.165, 1.54) is 12.3 Å². The molecule has 2 bridgehead atoms. The molecule has 0 spiro atoms. The number of halogens is 3. The van der Waals surface area contributed by atoms with Gasteiger partial charge >= 0.3 is 12.2 Å². The number of nitrogens with zero attached hydrogens (tertiary/aromatic N) is 4. The molecule has 6 rings (SSSR count). The van der Waals surface area contributed by atoms with Crippen LogP contribution in [0.5, 0.6) is 6.01 Å². The summed E-state index contributed by atoms with van der Waals surface area (Å²) in [5.74, 6) is 0.599. The number of aromatic nitrogens is 3. The molecule has 2 aromatic heterocycles. The average molecular weight is 571 g/mol. The Balaban J connectivity index is 1.09. The van der Waals surface area contributed by atoms with Crippen molar-refractivity contribution in [2.45, 2.75) is 50.2 Å². The molecule has 216 valence electrons. The van der Waals surface area contributed by atoms with E-state index >= 15 is 0 Å². The number of pyridine rings is 1. The minimum atomic E-state index is -4.44. The molecule has 2 N–H and O–H groups in total. The van der Waals surface area contributed by atoms with Gasteiger partial charge < -0.3 is 29.7 Å². The monoisotopic (exact) mass is 570 g/mol. The van der Waals surface area contributed by atoms with E-state index < -0.39 is 17.8 Å². The molecule has 3 aliphatic rings. The van der Waals surface area contributed by atoms with E-state index in [2.05, 4.69) is 25.6 Å². The molecule has 3 atom stereocenters. The number of hydrogen-bond donors (Lipinski definition) is 2. The minimum absolute atomic E-state index is 0.0417. The highest BCUT2D eigenvalue weighted by Gasteiger charge is 2.42. The van der Waals surface area contributed by atoms with Crippen LogP contribution in [-0.4, -0.2) is 65.6 Å². The standard InChI is InChI=1S/C28H29F3N6O4/c29-28(30,31)18-5-3-4-17(14-18)20-7-8-21-25(34-20)33-19-15-22(37(21)16-19)26(38)35-23-9-10-32-27(36-23)41-13-12-40-24-6-1-2-11-39-24/h3-5,7-10,14,19,22,24H,1-2,6,11-13,15-16H2,(H,33,34)(H,32,35,36,38)/t19-,22?,24?/m0/s1. The molecule has 3 aromatic rings. The van der Waals surface area contributed by atoms with Crippen LogP contribution in [0.3, 0.4) is 0 Å². The summed E-state index contributed by atoms with van der Waals surface area (Å²) in [6.07, 6.45) is 0.373. The van der Waals surface area contributed by atoms with Crippen LogP contribution < -0.4 is 20.3 Å². The van der Waals surface area contributed by atoms with Crippen LogP contribution in [-0.2, 0) is 20.4 Å². The topological polar surface area (TPSA) is 111 Å². The number of nitrogens with one attached hydrogen (secondary N) is 2. The number of alkyl halides is 3. The van der Waals surface area contributed by atoms with E-state index in [1.807, 2.05) is 4.90 Å². The number of hydrogen-bond acceptors (Lipinski definition) is 9. The first-order chi connectivity index (χ1) is 19.8. The molecule has 10 nitrogen and oxygen atoms in total. The second kappa shape index (κ2) is 11.5. The van der Waals surface area contributed by atoms with Gasteiger partial charge in [-0.3, -0.25) is 4.79 Å². The van der Waals surface area contributed by atoms with Crippen molar-refractivity contribution in [2.24, 2.45) is 0 Å². The zero-order chi connectivity index (χ0) is 28.4. The Morgan fingerprint density at radius 1 is 1.15 bits per heavy atom. The van der Waals surface area contributed by atoms with Crippen molar-refractivity contribution in [1.82, 2.24) is 15.0 Å². The lowest BCUT2D eigenvalue weighted by atomic mass is 10.1. The van der Waals surface area contributed by atoms with Crippen LogP contribution in [0.2, 0.25) is 0 Å². The van der Waals surface area contributed by atoms with Crippen molar-refractivity contribution in [2.75, 3.05) is 41.9 Å². The van der Waals surface area contributed by atoms with Gasteiger partial charge in [0, 0.05) is 31.0 Å². The molecule has 0 radical (unpaired) electrons. The lowest BCUT2D eigenvalue weighted by molar-refractivity contribution is -0.165. The summed E-state index contributed by atoms with van der Waals surface area (Å²) < 4.78 is 56.4. The lowest BCUT2D eigenvalue weighted by Crippen LogP contribution is -2.41. The van der Waals surface area contributed by atoms with Gasteiger partial charge in [-0.15, -0.1) is 0 Å². The van der Waals surface area contributed by atoms with Gasteiger partial charge in [0.05, 0.1) is 23.6 Å². The third-order valence-corrected chi connectivity index (χ3v) is 7.25.